The molecule has 0 fully saturated rings. The highest BCUT2D eigenvalue weighted by Crippen LogP contribution is 2.15. The Morgan fingerprint density at radius 1 is 1.38 bits per heavy atom. The van der Waals surface area contributed by atoms with Crippen molar-refractivity contribution in [3.63, 3.8) is 0 Å². The molecule has 1 aromatic rings. The highest BCUT2D eigenvalue weighted by molar-refractivity contribution is 5.49. The van der Waals surface area contributed by atoms with E-state index in [1.165, 1.54) is 0 Å². The van der Waals surface area contributed by atoms with Crippen LogP contribution >= 0.6 is 0 Å². The minimum absolute atomic E-state index is 0.716. The first-order chi connectivity index (χ1) is 7.71. The molecule has 1 heterocycles. The lowest BCUT2D eigenvalue weighted by Crippen LogP contribution is -2.23. The fourth-order valence-electron chi connectivity index (χ4n) is 1.53. The van der Waals surface area contributed by atoms with Crippen LogP contribution in [0, 0.1) is 6.92 Å². The summed E-state index contributed by atoms with van der Waals surface area (Å²) in [5.41, 5.74) is 0. The Balaban J connectivity index is 2.92. The van der Waals surface area contributed by atoms with Gasteiger partial charge in [-0.3, -0.25) is 0 Å². The molecule has 1 N–H and O–H groups in total. The fraction of sp³-hybridized carbons (Fsp3) is 0.500. The van der Waals surface area contributed by atoms with Crippen LogP contribution in [0.5, 0.6) is 0 Å². The maximum absolute atomic E-state index is 4.43. The van der Waals surface area contributed by atoms with Gasteiger partial charge < -0.3 is 10.2 Å². The molecule has 0 unspecified atom stereocenters. The van der Waals surface area contributed by atoms with Crippen LogP contribution in [0.25, 0.3) is 0 Å². The molecule has 0 saturated carbocycles. The molecule has 0 amide bonds. The summed E-state index contributed by atoms with van der Waals surface area (Å²) in [6.07, 6.45) is 1.81. The molecule has 4 nitrogen and oxygen atoms in total. The lowest BCUT2D eigenvalue weighted by atomic mass is 10.4. The molecule has 0 aliphatic heterocycles. The van der Waals surface area contributed by atoms with Crippen LogP contribution in [0.3, 0.4) is 0 Å². The molecule has 4 heteroatoms. The molecule has 1 aromatic heterocycles. The van der Waals surface area contributed by atoms with Gasteiger partial charge in [0.05, 0.1) is 0 Å². The fourth-order valence-corrected chi connectivity index (χ4v) is 1.53. The van der Waals surface area contributed by atoms with Crippen molar-refractivity contribution in [1.82, 2.24) is 9.97 Å². The van der Waals surface area contributed by atoms with Crippen LogP contribution in [0.4, 0.5) is 11.6 Å². The van der Waals surface area contributed by atoms with Crippen molar-refractivity contribution in [1.29, 1.82) is 0 Å². The zero-order valence-corrected chi connectivity index (χ0v) is 10.3. The lowest BCUT2D eigenvalue weighted by Gasteiger charge is -2.20. The standard InChI is InChI=1S/C12H20N4/c1-5-8-13-11-9-12(15-10(4)14-11)16(6-2)7-3/h5,9H,1,6-8H2,2-4H3,(H,13,14,15). The highest BCUT2D eigenvalue weighted by Gasteiger charge is 2.06. The SMILES string of the molecule is C=CCNc1cc(N(CC)CC)nc(C)n1. The van der Waals surface area contributed by atoms with Crippen molar-refractivity contribution in [2.24, 2.45) is 0 Å². The van der Waals surface area contributed by atoms with E-state index in [9.17, 15) is 0 Å². The van der Waals surface area contributed by atoms with Gasteiger partial charge >= 0.3 is 0 Å². The minimum atomic E-state index is 0.716. The van der Waals surface area contributed by atoms with Gasteiger partial charge in [0.2, 0.25) is 0 Å². The Hall–Kier alpha value is -1.58. The number of aromatic nitrogens is 2. The first kappa shape index (κ1) is 12.5. The van der Waals surface area contributed by atoms with E-state index in [1.807, 2.05) is 19.1 Å². The van der Waals surface area contributed by atoms with Gasteiger partial charge in [0, 0.05) is 25.7 Å². The largest absolute Gasteiger partial charge is 0.366 e. The average molecular weight is 220 g/mol. The Kier molecular flexibility index (Phi) is 4.76. The van der Waals surface area contributed by atoms with Gasteiger partial charge in [-0.1, -0.05) is 6.08 Å². The maximum atomic E-state index is 4.43. The second-order valence-corrected chi connectivity index (χ2v) is 3.50. The normalized spacial score (nSPS) is 9.94. The number of anilines is 2. The third-order valence-electron chi connectivity index (χ3n) is 2.34. The molecule has 0 radical (unpaired) electrons. The number of nitrogens with one attached hydrogen (secondary N) is 1. The van der Waals surface area contributed by atoms with Crippen molar-refractivity contribution in [2.75, 3.05) is 29.9 Å². The second-order valence-electron chi connectivity index (χ2n) is 3.50. The van der Waals surface area contributed by atoms with Crippen molar-refractivity contribution in [2.45, 2.75) is 20.8 Å². The van der Waals surface area contributed by atoms with Crippen molar-refractivity contribution in [3.05, 3.63) is 24.5 Å². The predicted octanol–water partition coefficient (Wildman–Crippen LogP) is 2.23. The molecule has 0 bridgehead atoms. The Bertz CT molecular complexity index is 345. The Morgan fingerprint density at radius 3 is 2.62 bits per heavy atom. The molecule has 16 heavy (non-hydrogen) atoms. The molecule has 0 aromatic carbocycles. The van der Waals surface area contributed by atoms with Crippen LogP contribution in [0.1, 0.15) is 19.7 Å². The number of hydrogen-bond acceptors (Lipinski definition) is 4. The lowest BCUT2D eigenvalue weighted by molar-refractivity contribution is 0.834. The van der Waals surface area contributed by atoms with E-state index in [0.29, 0.717) is 6.54 Å². The van der Waals surface area contributed by atoms with Gasteiger partial charge in [-0.2, -0.15) is 0 Å². The summed E-state index contributed by atoms with van der Waals surface area (Å²) < 4.78 is 0. The van der Waals surface area contributed by atoms with Gasteiger partial charge in [-0.15, -0.1) is 6.58 Å². The zero-order chi connectivity index (χ0) is 12.0. The number of hydrogen-bond donors (Lipinski definition) is 1. The molecule has 0 aliphatic rings. The monoisotopic (exact) mass is 220 g/mol. The molecule has 0 aliphatic carbocycles. The third kappa shape index (κ3) is 3.22. The molecule has 0 atom stereocenters. The molecule has 0 spiro atoms. The minimum Gasteiger partial charge on any atom is -0.366 e. The van der Waals surface area contributed by atoms with Crippen LogP contribution < -0.4 is 10.2 Å². The number of nitrogens with zero attached hydrogens (tertiary/aromatic N) is 3. The van der Waals surface area contributed by atoms with Gasteiger partial charge in [0.15, 0.2) is 0 Å². The number of aryl methyl sites for hydroxylation is 1. The summed E-state index contributed by atoms with van der Waals surface area (Å²) in [6, 6.07) is 1.98. The molecule has 0 saturated heterocycles. The summed E-state index contributed by atoms with van der Waals surface area (Å²) in [5, 5.41) is 3.18. The van der Waals surface area contributed by atoms with Gasteiger partial charge in [-0.05, 0) is 20.8 Å². The Morgan fingerprint density at radius 2 is 2.06 bits per heavy atom. The molecule has 1 rings (SSSR count). The van der Waals surface area contributed by atoms with Gasteiger partial charge in [-0.25, -0.2) is 9.97 Å². The Labute approximate surface area is 97.4 Å². The van der Waals surface area contributed by atoms with Crippen LogP contribution in [0.15, 0.2) is 18.7 Å². The first-order valence-electron chi connectivity index (χ1n) is 5.66. The summed E-state index contributed by atoms with van der Waals surface area (Å²) in [4.78, 5) is 11.0. The highest BCUT2D eigenvalue weighted by atomic mass is 15.2. The van der Waals surface area contributed by atoms with E-state index in [2.05, 4.69) is 40.6 Å². The predicted molar refractivity (Wildman–Crippen MR) is 69.0 cm³/mol. The summed E-state index contributed by atoms with van der Waals surface area (Å²) in [7, 11) is 0. The van der Waals surface area contributed by atoms with Crippen molar-refractivity contribution in [3.8, 4) is 0 Å². The third-order valence-corrected chi connectivity index (χ3v) is 2.34. The smallest absolute Gasteiger partial charge is 0.134 e. The number of rotatable bonds is 6. The molecule has 88 valence electrons. The quantitative estimate of drug-likeness (QED) is 0.746. The van der Waals surface area contributed by atoms with Gasteiger partial charge in [0.25, 0.3) is 0 Å². The van der Waals surface area contributed by atoms with E-state index in [4.69, 9.17) is 0 Å². The summed E-state index contributed by atoms with van der Waals surface area (Å²) in [6.45, 7) is 12.4. The maximum Gasteiger partial charge on any atom is 0.134 e. The van der Waals surface area contributed by atoms with E-state index >= 15 is 0 Å². The van der Waals surface area contributed by atoms with Crippen LogP contribution in [0.2, 0.25) is 0 Å². The van der Waals surface area contributed by atoms with Crippen LogP contribution in [-0.2, 0) is 0 Å². The first-order valence-corrected chi connectivity index (χ1v) is 5.66. The van der Waals surface area contributed by atoms with E-state index < -0.39 is 0 Å². The molecular weight excluding hydrogens is 200 g/mol. The van der Waals surface area contributed by atoms with E-state index in [-0.39, 0.29) is 0 Å². The van der Waals surface area contributed by atoms with Crippen molar-refractivity contribution < 1.29 is 0 Å². The summed E-state index contributed by atoms with van der Waals surface area (Å²) in [5.74, 6) is 2.62. The van der Waals surface area contributed by atoms with E-state index in [0.717, 1.165) is 30.5 Å². The van der Waals surface area contributed by atoms with Gasteiger partial charge in [0.1, 0.15) is 17.5 Å². The van der Waals surface area contributed by atoms with E-state index in [1.54, 1.807) is 0 Å². The summed E-state index contributed by atoms with van der Waals surface area (Å²) >= 11 is 0. The average Bonchev–Trinajstić information content (AvgIpc) is 2.27. The zero-order valence-electron chi connectivity index (χ0n) is 10.3. The van der Waals surface area contributed by atoms with Crippen LogP contribution in [-0.4, -0.2) is 29.6 Å². The van der Waals surface area contributed by atoms with Crippen molar-refractivity contribution >= 4 is 11.6 Å². The topological polar surface area (TPSA) is 41.0 Å². The molecular formula is C12H20N4. The second kappa shape index (κ2) is 6.10.